The lowest BCUT2D eigenvalue weighted by molar-refractivity contribution is 0.476. The highest BCUT2D eigenvalue weighted by molar-refractivity contribution is 6.09. The normalized spacial score (nSPS) is 11.3. The van der Waals surface area contributed by atoms with E-state index in [2.05, 4.69) is 24.0 Å². The van der Waals surface area contributed by atoms with E-state index in [1.54, 1.807) is 12.1 Å². The van der Waals surface area contributed by atoms with Gasteiger partial charge in [0.2, 0.25) is 0 Å². The summed E-state index contributed by atoms with van der Waals surface area (Å²) in [6.07, 6.45) is 0. The van der Waals surface area contributed by atoms with Crippen molar-refractivity contribution in [3.8, 4) is 5.75 Å². The molecule has 3 rings (SSSR count). The van der Waals surface area contributed by atoms with Crippen LogP contribution in [0, 0.1) is 6.92 Å². The minimum Gasteiger partial charge on any atom is -0.508 e. The van der Waals surface area contributed by atoms with Gasteiger partial charge in [-0.3, -0.25) is 0 Å². The van der Waals surface area contributed by atoms with Crippen LogP contribution in [-0.4, -0.2) is 10.1 Å². The molecule has 2 heteroatoms. The molecule has 0 radical (unpaired) electrons. The number of rotatable bonds is 0. The highest BCUT2D eigenvalue weighted by Crippen LogP contribution is 2.29. The summed E-state index contributed by atoms with van der Waals surface area (Å²) in [4.78, 5) is 3.30. The molecule has 0 aliphatic carbocycles. The van der Waals surface area contributed by atoms with E-state index in [4.69, 9.17) is 0 Å². The van der Waals surface area contributed by atoms with Gasteiger partial charge >= 0.3 is 0 Å². The average Bonchev–Trinajstić information content (AvgIpc) is 2.56. The fourth-order valence-corrected chi connectivity index (χ4v) is 2.13. The molecule has 0 fully saturated rings. The summed E-state index contributed by atoms with van der Waals surface area (Å²) in [5, 5.41) is 11.8. The van der Waals surface area contributed by atoms with Crippen molar-refractivity contribution in [3.05, 3.63) is 42.0 Å². The third-order valence-corrected chi connectivity index (χ3v) is 2.81. The van der Waals surface area contributed by atoms with Crippen molar-refractivity contribution in [2.75, 3.05) is 0 Å². The number of aromatic amines is 1. The molecule has 0 atom stereocenters. The maximum absolute atomic E-state index is 9.40. The van der Waals surface area contributed by atoms with Gasteiger partial charge in [0, 0.05) is 22.4 Å². The second kappa shape index (κ2) is 2.76. The zero-order valence-electron chi connectivity index (χ0n) is 8.41. The quantitative estimate of drug-likeness (QED) is 0.569. The van der Waals surface area contributed by atoms with Crippen molar-refractivity contribution in [2.24, 2.45) is 0 Å². The first-order chi connectivity index (χ1) is 7.25. The molecular weight excluding hydrogens is 186 g/mol. The van der Waals surface area contributed by atoms with E-state index in [0.717, 1.165) is 11.0 Å². The van der Waals surface area contributed by atoms with Gasteiger partial charge < -0.3 is 10.1 Å². The number of benzene rings is 2. The van der Waals surface area contributed by atoms with Crippen LogP contribution >= 0.6 is 0 Å². The number of H-pyrrole nitrogens is 1. The van der Waals surface area contributed by atoms with Crippen LogP contribution < -0.4 is 0 Å². The Hall–Kier alpha value is -1.96. The molecule has 0 spiro atoms. The fourth-order valence-electron chi connectivity index (χ4n) is 2.13. The van der Waals surface area contributed by atoms with Crippen LogP contribution in [0.3, 0.4) is 0 Å². The Bertz CT molecular complexity index is 652. The molecule has 15 heavy (non-hydrogen) atoms. The van der Waals surface area contributed by atoms with E-state index in [1.807, 2.05) is 12.1 Å². The summed E-state index contributed by atoms with van der Waals surface area (Å²) >= 11 is 0. The van der Waals surface area contributed by atoms with Gasteiger partial charge in [-0.05, 0) is 30.7 Å². The molecule has 0 amide bonds. The molecule has 1 aromatic heterocycles. The Labute approximate surface area is 87.2 Å². The molecule has 0 aliphatic heterocycles. The second-order valence-corrected chi connectivity index (χ2v) is 3.85. The summed E-state index contributed by atoms with van der Waals surface area (Å²) < 4.78 is 0. The lowest BCUT2D eigenvalue weighted by atomic mass is 10.1. The Morgan fingerprint density at radius 2 is 1.93 bits per heavy atom. The zero-order chi connectivity index (χ0) is 10.4. The molecule has 0 unspecified atom stereocenters. The molecule has 2 N–H and O–H groups in total. The molecule has 74 valence electrons. The molecular formula is C13H11NO. The van der Waals surface area contributed by atoms with Crippen LogP contribution in [0.5, 0.6) is 5.75 Å². The van der Waals surface area contributed by atoms with Crippen molar-refractivity contribution in [1.82, 2.24) is 4.98 Å². The van der Waals surface area contributed by atoms with Gasteiger partial charge in [-0.2, -0.15) is 0 Å². The summed E-state index contributed by atoms with van der Waals surface area (Å²) in [5.74, 6) is 0.298. The van der Waals surface area contributed by atoms with Crippen molar-refractivity contribution in [2.45, 2.75) is 6.92 Å². The third kappa shape index (κ3) is 1.11. The van der Waals surface area contributed by atoms with E-state index in [0.29, 0.717) is 5.75 Å². The van der Waals surface area contributed by atoms with Gasteiger partial charge in [-0.25, -0.2) is 0 Å². The summed E-state index contributed by atoms with van der Waals surface area (Å²) in [6.45, 7) is 2.10. The van der Waals surface area contributed by atoms with Crippen LogP contribution in [0.1, 0.15) is 5.56 Å². The smallest absolute Gasteiger partial charge is 0.117 e. The lowest BCUT2D eigenvalue weighted by Gasteiger charge is -1.96. The molecule has 0 saturated carbocycles. The Kier molecular flexibility index (Phi) is 1.54. The van der Waals surface area contributed by atoms with Crippen molar-refractivity contribution in [1.29, 1.82) is 0 Å². The number of hydrogen-bond acceptors (Lipinski definition) is 1. The number of fused-ring (bicyclic) bond motifs is 3. The van der Waals surface area contributed by atoms with Gasteiger partial charge in [0.25, 0.3) is 0 Å². The maximum Gasteiger partial charge on any atom is 0.117 e. The first kappa shape index (κ1) is 8.36. The number of aromatic hydroxyl groups is 1. The zero-order valence-corrected chi connectivity index (χ0v) is 8.41. The number of aryl methyl sites for hydroxylation is 1. The van der Waals surface area contributed by atoms with Crippen molar-refractivity contribution >= 4 is 21.8 Å². The number of hydrogen-bond donors (Lipinski definition) is 2. The Morgan fingerprint density at radius 3 is 2.80 bits per heavy atom. The van der Waals surface area contributed by atoms with Crippen molar-refractivity contribution < 1.29 is 5.11 Å². The number of nitrogens with one attached hydrogen (secondary N) is 1. The average molecular weight is 197 g/mol. The second-order valence-electron chi connectivity index (χ2n) is 3.85. The standard InChI is InChI=1S/C13H11NO/c1-8-3-2-4-11-13(8)10-6-5-9(15)7-12(10)14-11/h2-7,14-15H,1H3. The van der Waals surface area contributed by atoms with E-state index in [9.17, 15) is 5.11 Å². The van der Waals surface area contributed by atoms with Crippen LogP contribution in [0.4, 0.5) is 0 Å². The molecule has 3 aromatic rings. The third-order valence-electron chi connectivity index (χ3n) is 2.81. The topological polar surface area (TPSA) is 36.0 Å². The molecule has 2 nitrogen and oxygen atoms in total. The fraction of sp³-hybridized carbons (Fsp3) is 0.0769. The molecule has 0 aliphatic rings. The van der Waals surface area contributed by atoms with E-state index in [1.165, 1.54) is 16.3 Å². The number of phenolic OH excluding ortho intramolecular Hbond substituents is 1. The summed E-state index contributed by atoms with van der Waals surface area (Å²) in [7, 11) is 0. The van der Waals surface area contributed by atoms with E-state index < -0.39 is 0 Å². The maximum atomic E-state index is 9.40. The highest BCUT2D eigenvalue weighted by atomic mass is 16.3. The van der Waals surface area contributed by atoms with Gasteiger partial charge in [0.05, 0.1) is 5.52 Å². The predicted molar refractivity (Wildman–Crippen MR) is 62.2 cm³/mol. The van der Waals surface area contributed by atoms with Crippen LogP contribution in [0.2, 0.25) is 0 Å². The lowest BCUT2D eigenvalue weighted by Crippen LogP contribution is -1.72. The predicted octanol–water partition coefficient (Wildman–Crippen LogP) is 3.34. The van der Waals surface area contributed by atoms with E-state index >= 15 is 0 Å². The van der Waals surface area contributed by atoms with Gasteiger partial charge in [-0.1, -0.05) is 12.1 Å². The minimum absolute atomic E-state index is 0.298. The van der Waals surface area contributed by atoms with Gasteiger partial charge in [0.15, 0.2) is 0 Å². The number of aromatic nitrogens is 1. The van der Waals surface area contributed by atoms with Crippen LogP contribution in [0.15, 0.2) is 36.4 Å². The Morgan fingerprint density at radius 1 is 1.07 bits per heavy atom. The monoisotopic (exact) mass is 197 g/mol. The van der Waals surface area contributed by atoms with Crippen LogP contribution in [0.25, 0.3) is 21.8 Å². The SMILES string of the molecule is Cc1cccc2[nH]c3cc(O)ccc3c12. The van der Waals surface area contributed by atoms with Gasteiger partial charge in [0.1, 0.15) is 5.75 Å². The largest absolute Gasteiger partial charge is 0.508 e. The molecule has 2 aromatic carbocycles. The molecule has 0 saturated heterocycles. The summed E-state index contributed by atoms with van der Waals surface area (Å²) in [5.41, 5.74) is 3.36. The van der Waals surface area contributed by atoms with Crippen molar-refractivity contribution in [3.63, 3.8) is 0 Å². The first-order valence-corrected chi connectivity index (χ1v) is 4.96. The number of phenols is 1. The molecule has 1 heterocycles. The molecule has 0 bridgehead atoms. The van der Waals surface area contributed by atoms with Gasteiger partial charge in [-0.15, -0.1) is 0 Å². The highest BCUT2D eigenvalue weighted by Gasteiger charge is 2.05. The minimum atomic E-state index is 0.298. The van der Waals surface area contributed by atoms with E-state index in [-0.39, 0.29) is 0 Å². The van der Waals surface area contributed by atoms with Crippen LogP contribution in [-0.2, 0) is 0 Å². The first-order valence-electron chi connectivity index (χ1n) is 4.96. The summed E-state index contributed by atoms with van der Waals surface area (Å²) in [6, 6.07) is 11.6. The Balaban J connectivity index is 2.59.